The first-order valence-electron chi connectivity index (χ1n) is 6.67. The molecule has 0 saturated heterocycles. The van der Waals surface area contributed by atoms with Gasteiger partial charge in [-0.15, -0.1) is 5.10 Å². The molecule has 5 heteroatoms. The highest BCUT2D eigenvalue weighted by Crippen LogP contribution is 2.28. The maximum atomic E-state index is 5.95. The molecule has 0 aliphatic heterocycles. The zero-order valence-corrected chi connectivity index (χ0v) is 12.4. The second-order valence-corrected chi connectivity index (χ2v) is 5.23. The standard InChI is InChI=1S/C16H15ClN4/c1-11-4-2-3-5-14(11)16-15(10-18)19-20-21(16)13-8-6-12(17)7-9-13/h2-9H,10,18H2,1H3. The van der Waals surface area contributed by atoms with E-state index in [4.69, 9.17) is 17.3 Å². The molecule has 1 heterocycles. The van der Waals surface area contributed by atoms with E-state index in [1.807, 2.05) is 36.4 Å². The average molecular weight is 299 g/mol. The summed E-state index contributed by atoms with van der Waals surface area (Å²) in [5.74, 6) is 0. The van der Waals surface area contributed by atoms with Gasteiger partial charge in [0.25, 0.3) is 0 Å². The van der Waals surface area contributed by atoms with Crippen molar-refractivity contribution in [2.75, 3.05) is 0 Å². The van der Waals surface area contributed by atoms with Crippen LogP contribution in [0.5, 0.6) is 0 Å². The Morgan fingerprint density at radius 1 is 1.10 bits per heavy atom. The lowest BCUT2D eigenvalue weighted by atomic mass is 10.0. The lowest BCUT2D eigenvalue weighted by Crippen LogP contribution is -2.03. The van der Waals surface area contributed by atoms with E-state index in [0.717, 1.165) is 28.2 Å². The molecule has 2 aromatic carbocycles. The van der Waals surface area contributed by atoms with Crippen LogP contribution in [0, 0.1) is 6.92 Å². The quantitative estimate of drug-likeness (QED) is 0.806. The van der Waals surface area contributed by atoms with Crippen LogP contribution in [0.15, 0.2) is 48.5 Å². The number of halogens is 1. The number of nitrogens with zero attached hydrogens (tertiary/aromatic N) is 3. The van der Waals surface area contributed by atoms with Crippen molar-refractivity contribution >= 4 is 11.6 Å². The van der Waals surface area contributed by atoms with Crippen LogP contribution in [0.25, 0.3) is 16.9 Å². The van der Waals surface area contributed by atoms with Crippen molar-refractivity contribution in [3.05, 3.63) is 64.8 Å². The maximum Gasteiger partial charge on any atom is 0.105 e. The molecule has 2 N–H and O–H groups in total. The smallest absolute Gasteiger partial charge is 0.105 e. The van der Waals surface area contributed by atoms with Crippen molar-refractivity contribution in [2.24, 2.45) is 5.73 Å². The predicted molar refractivity (Wildman–Crippen MR) is 84.4 cm³/mol. The first-order valence-corrected chi connectivity index (χ1v) is 7.05. The number of aromatic nitrogens is 3. The van der Waals surface area contributed by atoms with E-state index in [9.17, 15) is 0 Å². The lowest BCUT2D eigenvalue weighted by molar-refractivity contribution is 0.800. The number of benzene rings is 2. The van der Waals surface area contributed by atoms with Crippen molar-refractivity contribution in [3.8, 4) is 16.9 Å². The Morgan fingerprint density at radius 2 is 1.81 bits per heavy atom. The van der Waals surface area contributed by atoms with Gasteiger partial charge in [0.05, 0.1) is 11.4 Å². The first kappa shape index (κ1) is 13.8. The fourth-order valence-electron chi connectivity index (χ4n) is 2.32. The van der Waals surface area contributed by atoms with Gasteiger partial charge in [0, 0.05) is 17.1 Å². The summed E-state index contributed by atoms with van der Waals surface area (Å²) in [6.07, 6.45) is 0. The second-order valence-electron chi connectivity index (χ2n) is 4.79. The van der Waals surface area contributed by atoms with Gasteiger partial charge in [-0.2, -0.15) is 0 Å². The van der Waals surface area contributed by atoms with Crippen LogP contribution in [0.1, 0.15) is 11.3 Å². The SMILES string of the molecule is Cc1ccccc1-c1c(CN)nnn1-c1ccc(Cl)cc1. The van der Waals surface area contributed by atoms with Crippen LogP contribution in [-0.2, 0) is 6.54 Å². The third kappa shape index (κ3) is 2.55. The van der Waals surface area contributed by atoms with Gasteiger partial charge in [-0.05, 0) is 36.8 Å². The van der Waals surface area contributed by atoms with E-state index < -0.39 is 0 Å². The van der Waals surface area contributed by atoms with Crippen molar-refractivity contribution in [3.63, 3.8) is 0 Å². The molecule has 1 aromatic heterocycles. The molecule has 0 atom stereocenters. The normalized spacial score (nSPS) is 10.8. The first-order chi connectivity index (χ1) is 10.2. The summed E-state index contributed by atoms with van der Waals surface area (Å²) in [4.78, 5) is 0. The molecule has 106 valence electrons. The van der Waals surface area contributed by atoms with E-state index in [1.54, 1.807) is 4.68 Å². The van der Waals surface area contributed by atoms with Gasteiger partial charge in [-0.1, -0.05) is 41.1 Å². The molecule has 0 unspecified atom stereocenters. The van der Waals surface area contributed by atoms with Crippen LogP contribution in [0.2, 0.25) is 5.02 Å². The van der Waals surface area contributed by atoms with Gasteiger partial charge in [0.2, 0.25) is 0 Å². The van der Waals surface area contributed by atoms with Crippen molar-refractivity contribution < 1.29 is 0 Å². The maximum absolute atomic E-state index is 5.95. The molecular weight excluding hydrogens is 284 g/mol. The fourth-order valence-corrected chi connectivity index (χ4v) is 2.45. The van der Waals surface area contributed by atoms with Gasteiger partial charge in [-0.25, -0.2) is 4.68 Å². The van der Waals surface area contributed by atoms with Crippen LogP contribution in [0.4, 0.5) is 0 Å². The molecule has 4 nitrogen and oxygen atoms in total. The lowest BCUT2D eigenvalue weighted by Gasteiger charge is -2.10. The molecule has 0 aliphatic rings. The largest absolute Gasteiger partial charge is 0.325 e. The minimum atomic E-state index is 0.345. The van der Waals surface area contributed by atoms with Crippen LogP contribution in [0.3, 0.4) is 0 Å². The topological polar surface area (TPSA) is 56.7 Å². The molecule has 0 aliphatic carbocycles. The zero-order valence-electron chi connectivity index (χ0n) is 11.6. The fraction of sp³-hybridized carbons (Fsp3) is 0.125. The van der Waals surface area contributed by atoms with E-state index in [0.29, 0.717) is 11.6 Å². The van der Waals surface area contributed by atoms with Gasteiger partial charge >= 0.3 is 0 Å². The third-order valence-corrected chi connectivity index (χ3v) is 3.66. The summed E-state index contributed by atoms with van der Waals surface area (Å²) < 4.78 is 1.81. The summed E-state index contributed by atoms with van der Waals surface area (Å²) in [6, 6.07) is 15.6. The molecule has 0 amide bonds. The predicted octanol–water partition coefficient (Wildman–Crippen LogP) is 3.35. The summed E-state index contributed by atoms with van der Waals surface area (Å²) in [6.45, 7) is 2.41. The van der Waals surface area contributed by atoms with E-state index in [2.05, 4.69) is 29.4 Å². The Labute approximate surface area is 128 Å². The summed E-state index contributed by atoms with van der Waals surface area (Å²) in [7, 11) is 0. The summed E-state index contributed by atoms with van der Waals surface area (Å²) in [5, 5.41) is 9.14. The van der Waals surface area contributed by atoms with E-state index in [-0.39, 0.29) is 0 Å². The number of hydrogen-bond acceptors (Lipinski definition) is 3. The number of aryl methyl sites for hydroxylation is 1. The Morgan fingerprint density at radius 3 is 2.48 bits per heavy atom. The molecule has 3 rings (SSSR count). The zero-order chi connectivity index (χ0) is 14.8. The van der Waals surface area contributed by atoms with Crippen LogP contribution >= 0.6 is 11.6 Å². The average Bonchev–Trinajstić information content (AvgIpc) is 2.92. The highest BCUT2D eigenvalue weighted by Gasteiger charge is 2.16. The van der Waals surface area contributed by atoms with Crippen molar-refractivity contribution in [1.29, 1.82) is 0 Å². The van der Waals surface area contributed by atoms with Gasteiger partial charge < -0.3 is 5.73 Å². The Balaban J connectivity index is 2.22. The molecule has 21 heavy (non-hydrogen) atoms. The molecule has 0 fully saturated rings. The molecule has 0 bridgehead atoms. The highest BCUT2D eigenvalue weighted by atomic mass is 35.5. The number of hydrogen-bond donors (Lipinski definition) is 1. The number of rotatable bonds is 3. The highest BCUT2D eigenvalue weighted by molar-refractivity contribution is 6.30. The van der Waals surface area contributed by atoms with E-state index >= 15 is 0 Å². The van der Waals surface area contributed by atoms with Gasteiger partial charge in [0.15, 0.2) is 0 Å². The molecular formula is C16H15ClN4. The second kappa shape index (κ2) is 5.68. The Bertz CT molecular complexity index is 762. The number of nitrogens with two attached hydrogens (primary N) is 1. The van der Waals surface area contributed by atoms with Gasteiger partial charge in [0.1, 0.15) is 5.69 Å². The molecule has 0 radical (unpaired) electrons. The van der Waals surface area contributed by atoms with Crippen molar-refractivity contribution in [1.82, 2.24) is 15.0 Å². The van der Waals surface area contributed by atoms with Crippen molar-refractivity contribution in [2.45, 2.75) is 13.5 Å². The Kier molecular flexibility index (Phi) is 3.73. The minimum Gasteiger partial charge on any atom is -0.325 e. The molecule has 3 aromatic rings. The van der Waals surface area contributed by atoms with Crippen LogP contribution < -0.4 is 5.73 Å². The third-order valence-electron chi connectivity index (χ3n) is 3.40. The molecule has 0 spiro atoms. The minimum absolute atomic E-state index is 0.345. The Hall–Kier alpha value is -2.17. The monoisotopic (exact) mass is 298 g/mol. The molecule has 0 saturated carbocycles. The summed E-state index contributed by atoms with van der Waals surface area (Å²) >= 11 is 5.95. The van der Waals surface area contributed by atoms with Gasteiger partial charge in [-0.3, -0.25) is 0 Å². The summed E-state index contributed by atoms with van der Waals surface area (Å²) in [5.41, 5.74) is 10.7. The van der Waals surface area contributed by atoms with Crippen LogP contribution in [-0.4, -0.2) is 15.0 Å². The van der Waals surface area contributed by atoms with E-state index in [1.165, 1.54) is 0 Å².